The second kappa shape index (κ2) is 6.73. The van der Waals surface area contributed by atoms with Crippen molar-refractivity contribution >= 4 is 39.3 Å². The van der Waals surface area contributed by atoms with Crippen LogP contribution in [0.5, 0.6) is 5.75 Å². The van der Waals surface area contributed by atoms with Crippen LogP contribution in [-0.4, -0.2) is 33.7 Å². The van der Waals surface area contributed by atoms with E-state index in [0.717, 1.165) is 23.7 Å². The summed E-state index contributed by atoms with van der Waals surface area (Å²) in [5.41, 5.74) is 2.88. The summed E-state index contributed by atoms with van der Waals surface area (Å²) in [6.07, 6.45) is 3.67. The van der Waals surface area contributed by atoms with Crippen molar-refractivity contribution < 1.29 is 19.0 Å². The van der Waals surface area contributed by atoms with E-state index in [-0.39, 0.29) is 24.2 Å². The zero-order chi connectivity index (χ0) is 20.0. The number of benzene rings is 2. The third-order valence-electron chi connectivity index (χ3n) is 5.19. The highest BCUT2D eigenvalue weighted by atomic mass is 16.6. The number of aromatic nitrogens is 3. The topological polar surface area (TPSA) is 99.2 Å². The van der Waals surface area contributed by atoms with Gasteiger partial charge >= 0.3 is 0 Å². The molecule has 2 heterocycles. The average Bonchev–Trinajstić information content (AvgIpc) is 3.35. The fraction of sp³-hybridized carbons (Fsp3) is 0.238. The van der Waals surface area contributed by atoms with Crippen LogP contribution in [-0.2, 0) is 11.3 Å². The van der Waals surface area contributed by atoms with E-state index in [1.165, 1.54) is 7.11 Å². The number of nitrogens with one attached hydrogen (secondary N) is 1. The van der Waals surface area contributed by atoms with Crippen molar-refractivity contribution in [1.82, 2.24) is 14.9 Å². The van der Waals surface area contributed by atoms with Crippen molar-refractivity contribution in [3.8, 4) is 5.75 Å². The van der Waals surface area contributed by atoms with Gasteiger partial charge in [0, 0.05) is 28.6 Å². The third kappa shape index (κ3) is 3.02. The van der Waals surface area contributed by atoms with E-state index in [4.69, 9.17) is 9.37 Å². The molecule has 1 N–H and O–H groups in total. The Balaban J connectivity index is 1.44. The molecule has 4 aromatic rings. The van der Waals surface area contributed by atoms with Crippen molar-refractivity contribution in [3.05, 3.63) is 48.2 Å². The van der Waals surface area contributed by atoms with E-state index >= 15 is 0 Å². The number of para-hydroxylation sites is 1. The summed E-state index contributed by atoms with van der Waals surface area (Å²) in [5.74, 6) is 0.547. The minimum atomic E-state index is -0.245. The highest BCUT2D eigenvalue weighted by Crippen LogP contribution is 2.35. The van der Waals surface area contributed by atoms with E-state index in [1.807, 2.05) is 28.8 Å². The molecule has 1 amide bonds. The SMILES string of the molecule is COc1ccc(NC(=O)Cn2cc(C(=O)C3CC3)c3ccccc32)c2nonc12. The first kappa shape index (κ1) is 17.4. The number of carbonyl (C=O) groups excluding carboxylic acids is 2. The number of carbonyl (C=O) groups is 2. The number of hydrogen-bond acceptors (Lipinski definition) is 6. The third-order valence-corrected chi connectivity index (χ3v) is 5.19. The quantitative estimate of drug-likeness (QED) is 0.507. The van der Waals surface area contributed by atoms with Gasteiger partial charge in [0.25, 0.3) is 0 Å². The summed E-state index contributed by atoms with van der Waals surface area (Å²) in [7, 11) is 1.53. The second-order valence-corrected chi connectivity index (χ2v) is 7.15. The van der Waals surface area contributed by atoms with Crippen LogP contribution >= 0.6 is 0 Å². The summed E-state index contributed by atoms with van der Waals surface area (Å²) in [6, 6.07) is 11.0. The van der Waals surface area contributed by atoms with Crippen LogP contribution in [0.3, 0.4) is 0 Å². The number of nitrogens with zero attached hydrogens (tertiary/aromatic N) is 3. The van der Waals surface area contributed by atoms with Gasteiger partial charge in [-0.25, -0.2) is 4.63 Å². The lowest BCUT2D eigenvalue weighted by atomic mass is 10.1. The number of amides is 1. The molecule has 146 valence electrons. The molecule has 1 aliphatic carbocycles. The molecule has 0 aliphatic heterocycles. The molecule has 0 atom stereocenters. The highest BCUT2D eigenvalue weighted by molar-refractivity contribution is 6.10. The molecule has 5 rings (SSSR count). The fourth-order valence-electron chi connectivity index (χ4n) is 3.59. The lowest BCUT2D eigenvalue weighted by molar-refractivity contribution is -0.116. The van der Waals surface area contributed by atoms with Gasteiger partial charge in [-0.05, 0) is 41.4 Å². The van der Waals surface area contributed by atoms with Gasteiger partial charge in [-0.1, -0.05) is 18.2 Å². The predicted octanol–water partition coefficient (Wildman–Crippen LogP) is 3.42. The number of methoxy groups -OCH3 is 1. The Bertz CT molecular complexity index is 1250. The number of anilines is 1. The van der Waals surface area contributed by atoms with E-state index in [0.29, 0.717) is 28.0 Å². The number of Topliss-reactive ketones (excluding diaryl/α,β-unsaturated/α-hetero) is 1. The average molecular weight is 390 g/mol. The molecule has 0 spiro atoms. The highest BCUT2D eigenvalue weighted by Gasteiger charge is 2.32. The van der Waals surface area contributed by atoms with E-state index < -0.39 is 0 Å². The molecule has 2 aromatic carbocycles. The van der Waals surface area contributed by atoms with Gasteiger partial charge in [0.05, 0.1) is 12.8 Å². The Morgan fingerprint density at radius 1 is 1.17 bits per heavy atom. The van der Waals surface area contributed by atoms with Crippen molar-refractivity contribution in [2.75, 3.05) is 12.4 Å². The predicted molar refractivity (Wildman–Crippen MR) is 106 cm³/mol. The summed E-state index contributed by atoms with van der Waals surface area (Å²) < 4.78 is 11.8. The first-order valence-corrected chi connectivity index (χ1v) is 9.37. The number of ether oxygens (including phenoxy) is 1. The maximum Gasteiger partial charge on any atom is 0.244 e. The number of hydrogen-bond donors (Lipinski definition) is 1. The number of rotatable bonds is 6. The molecule has 0 unspecified atom stereocenters. The molecular formula is C21H18N4O4. The Morgan fingerprint density at radius 2 is 1.97 bits per heavy atom. The van der Waals surface area contributed by atoms with Crippen molar-refractivity contribution in [2.45, 2.75) is 19.4 Å². The summed E-state index contributed by atoms with van der Waals surface area (Å²) in [4.78, 5) is 25.4. The Morgan fingerprint density at radius 3 is 2.76 bits per heavy atom. The molecule has 8 nitrogen and oxygen atoms in total. The van der Waals surface area contributed by atoms with Crippen LogP contribution in [0.15, 0.2) is 47.2 Å². The molecule has 0 radical (unpaired) electrons. The zero-order valence-corrected chi connectivity index (χ0v) is 15.7. The van der Waals surface area contributed by atoms with Gasteiger partial charge in [0.1, 0.15) is 6.54 Å². The molecule has 29 heavy (non-hydrogen) atoms. The molecule has 2 aromatic heterocycles. The maximum absolute atomic E-state index is 12.7. The maximum atomic E-state index is 12.7. The molecule has 8 heteroatoms. The Kier molecular flexibility index (Phi) is 4.04. The van der Waals surface area contributed by atoms with Crippen LogP contribution in [0.25, 0.3) is 21.9 Å². The molecule has 0 saturated heterocycles. The fourth-order valence-corrected chi connectivity index (χ4v) is 3.59. The first-order valence-electron chi connectivity index (χ1n) is 9.37. The minimum absolute atomic E-state index is 0.0667. The van der Waals surface area contributed by atoms with E-state index in [2.05, 4.69) is 15.6 Å². The Labute approximate surface area is 165 Å². The summed E-state index contributed by atoms with van der Waals surface area (Å²) >= 11 is 0. The standard InChI is InChI=1S/C21H18N4O4/c1-28-17-9-8-15(19-20(17)24-29-23-19)22-18(26)11-25-10-14(21(27)12-6-7-12)13-4-2-3-5-16(13)25/h2-5,8-10,12H,6-7,11H2,1H3,(H,22,26). The van der Waals surface area contributed by atoms with Crippen LogP contribution < -0.4 is 10.1 Å². The van der Waals surface area contributed by atoms with Crippen LogP contribution in [0.2, 0.25) is 0 Å². The summed E-state index contributed by atoms with van der Waals surface area (Å²) in [5, 5.41) is 11.4. The van der Waals surface area contributed by atoms with Gasteiger partial charge in [0.15, 0.2) is 22.6 Å². The molecule has 0 bridgehead atoms. The monoisotopic (exact) mass is 390 g/mol. The number of fused-ring (bicyclic) bond motifs is 2. The second-order valence-electron chi connectivity index (χ2n) is 7.15. The largest absolute Gasteiger partial charge is 0.494 e. The number of ketones is 1. The molecule has 1 fully saturated rings. The first-order chi connectivity index (χ1) is 14.2. The van der Waals surface area contributed by atoms with Gasteiger partial charge < -0.3 is 14.6 Å². The van der Waals surface area contributed by atoms with Gasteiger partial charge in [-0.2, -0.15) is 0 Å². The summed E-state index contributed by atoms with van der Waals surface area (Å²) in [6.45, 7) is 0.0667. The van der Waals surface area contributed by atoms with Crippen LogP contribution in [0.4, 0.5) is 5.69 Å². The lowest BCUT2D eigenvalue weighted by Crippen LogP contribution is -2.18. The van der Waals surface area contributed by atoms with E-state index in [9.17, 15) is 9.59 Å². The van der Waals surface area contributed by atoms with Gasteiger partial charge in [-0.3, -0.25) is 9.59 Å². The molecule has 1 aliphatic rings. The van der Waals surface area contributed by atoms with E-state index in [1.54, 1.807) is 18.3 Å². The normalized spacial score (nSPS) is 13.7. The van der Waals surface area contributed by atoms with Gasteiger partial charge in [0.2, 0.25) is 5.91 Å². The molecular weight excluding hydrogens is 372 g/mol. The van der Waals surface area contributed by atoms with Crippen molar-refractivity contribution in [1.29, 1.82) is 0 Å². The smallest absolute Gasteiger partial charge is 0.244 e. The Hall–Kier alpha value is -3.68. The van der Waals surface area contributed by atoms with Crippen molar-refractivity contribution in [3.63, 3.8) is 0 Å². The molecule has 1 saturated carbocycles. The lowest BCUT2D eigenvalue weighted by Gasteiger charge is -2.08. The zero-order valence-electron chi connectivity index (χ0n) is 15.7. The van der Waals surface area contributed by atoms with Crippen LogP contribution in [0, 0.1) is 5.92 Å². The van der Waals surface area contributed by atoms with Crippen molar-refractivity contribution in [2.24, 2.45) is 5.92 Å². The van der Waals surface area contributed by atoms with Gasteiger partial charge in [-0.15, -0.1) is 0 Å². The minimum Gasteiger partial charge on any atom is -0.494 e. The van der Waals surface area contributed by atoms with Crippen LogP contribution in [0.1, 0.15) is 23.2 Å².